The number of likely N-dealkylation sites (N-methyl/N-ethyl adjacent to an activating group) is 1. The number of rotatable bonds is 10. The van der Waals surface area contributed by atoms with Crippen LogP contribution in [0.5, 0.6) is 0 Å². The van der Waals surface area contributed by atoms with E-state index in [4.69, 9.17) is 42.6 Å². The molecule has 17 heteroatoms. The monoisotopic (exact) mass is 859 g/mol. The summed E-state index contributed by atoms with van der Waals surface area (Å²) < 4.78 is 55.3. The Kier molecular flexibility index (Phi) is 17.7. The van der Waals surface area contributed by atoms with Crippen molar-refractivity contribution in [2.24, 2.45) is 23.7 Å². The summed E-state index contributed by atoms with van der Waals surface area (Å²) in [7, 11) is 5.17. The van der Waals surface area contributed by atoms with Crippen molar-refractivity contribution in [1.82, 2.24) is 4.90 Å². The first-order chi connectivity index (χ1) is 27.6. The zero-order chi connectivity index (χ0) is 45.8. The SMILES string of the molecule is CC[C@H]1OC(=O)[C@H](C)[C@@H](O[C@H]2C[C@@](C)(OC)[C@@H](OC(C)=O)[C@H](C)O2)[C@H](C)[C@@H](O[C@@H]2O[C@H](C)C[C@H](N(C)C)[C@H]2OC(C)=O)[C@](C)(O)C[C@@H](C)C(=O)[C@H](C)C(OC(C)=O)[C@]1(C)O. The maximum absolute atomic E-state index is 14.5. The van der Waals surface area contributed by atoms with Crippen molar-refractivity contribution in [3.8, 4) is 0 Å². The Balaban J connectivity index is 2.28. The smallest absolute Gasteiger partial charge is 0.311 e. The summed E-state index contributed by atoms with van der Waals surface area (Å²) in [6, 6.07) is -0.352. The van der Waals surface area contributed by atoms with Gasteiger partial charge in [0.15, 0.2) is 24.8 Å². The van der Waals surface area contributed by atoms with Gasteiger partial charge in [-0.15, -0.1) is 0 Å². The predicted octanol–water partition coefficient (Wildman–Crippen LogP) is 3.50. The normalized spacial score (nSPS) is 43.7. The molecule has 3 fully saturated rings. The van der Waals surface area contributed by atoms with Gasteiger partial charge in [0.2, 0.25) is 0 Å². The van der Waals surface area contributed by atoms with E-state index >= 15 is 0 Å². The van der Waals surface area contributed by atoms with E-state index in [1.165, 1.54) is 41.7 Å². The maximum Gasteiger partial charge on any atom is 0.311 e. The van der Waals surface area contributed by atoms with Crippen molar-refractivity contribution in [2.75, 3.05) is 21.2 Å². The highest BCUT2D eigenvalue weighted by Crippen LogP contribution is 2.42. The van der Waals surface area contributed by atoms with Gasteiger partial charge in [0.25, 0.3) is 0 Å². The van der Waals surface area contributed by atoms with Crippen LogP contribution in [0, 0.1) is 23.7 Å². The molecule has 0 bridgehead atoms. The molecule has 3 aliphatic rings. The van der Waals surface area contributed by atoms with Crippen molar-refractivity contribution < 1.29 is 76.8 Å². The van der Waals surface area contributed by atoms with Crippen LogP contribution in [0.2, 0.25) is 0 Å². The highest BCUT2D eigenvalue weighted by molar-refractivity contribution is 5.84. The minimum atomic E-state index is -2.04. The first-order valence-corrected chi connectivity index (χ1v) is 21.2. The maximum atomic E-state index is 14.5. The van der Waals surface area contributed by atoms with E-state index < -0.39 is 125 Å². The van der Waals surface area contributed by atoms with Crippen LogP contribution in [-0.2, 0) is 66.6 Å². The largest absolute Gasteiger partial charge is 0.459 e. The number of hydrogen-bond donors (Lipinski definition) is 2. The second-order valence-corrected chi connectivity index (χ2v) is 18.2. The summed E-state index contributed by atoms with van der Waals surface area (Å²) in [5.41, 5.74) is -5.03. The molecule has 3 rings (SSSR count). The number of carbonyl (C=O) groups excluding carboxylic acids is 5. The third kappa shape index (κ3) is 12.0. The first kappa shape index (κ1) is 51.6. The Morgan fingerprint density at radius 3 is 1.87 bits per heavy atom. The van der Waals surface area contributed by atoms with Gasteiger partial charge in [-0.05, 0) is 74.9 Å². The van der Waals surface area contributed by atoms with E-state index in [2.05, 4.69) is 0 Å². The first-order valence-electron chi connectivity index (χ1n) is 21.2. The molecule has 60 heavy (non-hydrogen) atoms. The summed E-state index contributed by atoms with van der Waals surface area (Å²) in [6.07, 6.45) is -9.93. The van der Waals surface area contributed by atoms with E-state index in [-0.39, 0.29) is 31.4 Å². The summed E-state index contributed by atoms with van der Waals surface area (Å²) in [5.74, 6) is -7.21. The van der Waals surface area contributed by atoms with E-state index in [9.17, 15) is 34.2 Å². The Morgan fingerprint density at radius 1 is 0.783 bits per heavy atom. The quantitative estimate of drug-likeness (QED) is 0.238. The Hall–Kier alpha value is -2.77. The molecule has 3 heterocycles. The summed E-state index contributed by atoms with van der Waals surface area (Å²) in [4.78, 5) is 67.8. The topological polar surface area (TPSA) is 212 Å². The van der Waals surface area contributed by atoms with Crippen LogP contribution in [0.1, 0.15) is 116 Å². The molecular weight excluding hydrogens is 786 g/mol. The number of Topliss-reactive ketones (excluding diaryl/α,β-unsaturated/α-hetero) is 1. The second-order valence-electron chi connectivity index (χ2n) is 18.2. The highest BCUT2D eigenvalue weighted by atomic mass is 16.7. The van der Waals surface area contributed by atoms with Crippen LogP contribution in [-0.4, -0.2) is 150 Å². The number of ketones is 1. The summed E-state index contributed by atoms with van der Waals surface area (Å²) in [5, 5.41) is 24.8. The highest BCUT2D eigenvalue weighted by Gasteiger charge is 2.55. The van der Waals surface area contributed by atoms with Crippen molar-refractivity contribution >= 4 is 29.7 Å². The van der Waals surface area contributed by atoms with Gasteiger partial charge in [-0.2, -0.15) is 0 Å². The number of ether oxygens (including phenoxy) is 9. The second kappa shape index (κ2) is 20.6. The third-order valence-electron chi connectivity index (χ3n) is 12.6. The van der Waals surface area contributed by atoms with Gasteiger partial charge in [-0.25, -0.2) is 0 Å². The van der Waals surface area contributed by atoms with Gasteiger partial charge in [0.1, 0.15) is 29.2 Å². The van der Waals surface area contributed by atoms with Crippen LogP contribution in [0.4, 0.5) is 0 Å². The lowest BCUT2D eigenvalue weighted by Crippen LogP contribution is -2.62. The Bertz CT molecular complexity index is 1500. The van der Waals surface area contributed by atoms with Crippen molar-refractivity contribution in [3.05, 3.63) is 0 Å². The molecule has 17 nitrogen and oxygen atoms in total. The van der Waals surface area contributed by atoms with Crippen LogP contribution >= 0.6 is 0 Å². The van der Waals surface area contributed by atoms with Gasteiger partial charge in [0.05, 0.1) is 47.9 Å². The van der Waals surface area contributed by atoms with Crippen molar-refractivity contribution in [1.29, 1.82) is 0 Å². The zero-order valence-electron chi connectivity index (χ0n) is 38.5. The Morgan fingerprint density at radius 2 is 1.35 bits per heavy atom. The minimum absolute atomic E-state index is 0.0424. The van der Waals surface area contributed by atoms with Gasteiger partial charge in [-0.1, -0.05) is 27.7 Å². The average Bonchev–Trinajstić information content (AvgIpc) is 3.13. The molecule has 3 saturated heterocycles. The van der Waals surface area contributed by atoms with E-state index in [1.54, 1.807) is 41.5 Å². The minimum Gasteiger partial charge on any atom is -0.459 e. The fourth-order valence-electron chi connectivity index (χ4n) is 9.49. The molecule has 346 valence electrons. The molecule has 0 aliphatic carbocycles. The molecule has 0 amide bonds. The molecule has 0 aromatic carbocycles. The lowest BCUT2D eigenvalue weighted by Gasteiger charge is -2.49. The molecule has 18 atom stereocenters. The fourth-order valence-corrected chi connectivity index (χ4v) is 9.49. The fraction of sp³-hybridized carbons (Fsp3) is 0.884. The molecular formula is C43H73NO16. The molecule has 0 saturated carbocycles. The summed E-state index contributed by atoms with van der Waals surface area (Å²) >= 11 is 0. The van der Waals surface area contributed by atoms with Crippen molar-refractivity contribution in [3.63, 3.8) is 0 Å². The van der Waals surface area contributed by atoms with E-state index in [1.807, 2.05) is 25.9 Å². The number of esters is 4. The zero-order valence-corrected chi connectivity index (χ0v) is 38.5. The standard InChI is InChI=1S/C43H73NO16/c1-17-31-43(13,51)37(56-28(9)46)23(4)33(48)21(2)19-41(11,50)36(60-40-35(55-27(8)45)30(44(14)15)18-22(3)53-40)24(5)34(25(6)39(49)58-31)59-32-20-42(12,52-16)38(26(7)54-32)57-29(10)47/h21-26,30-32,34-38,40,50-51H,17-20H2,1-16H3/t21-,22-,23+,24+,25-,26+,30+,31-,32+,34+,35-,36-,37?,38+,40+,41-,42-,43-/m1/s1. The number of aliphatic hydroxyl groups is 2. The molecule has 0 aromatic rings. The van der Waals surface area contributed by atoms with Gasteiger partial charge >= 0.3 is 23.9 Å². The van der Waals surface area contributed by atoms with Gasteiger partial charge in [0, 0.05) is 46.1 Å². The van der Waals surface area contributed by atoms with Gasteiger partial charge < -0.3 is 57.7 Å². The van der Waals surface area contributed by atoms with Crippen LogP contribution in [0.25, 0.3) is 0 Å². The van der Waals surface area contributed by atoms with E-state index in [0.29, 0.717) is 6.42 Å². The molecule has 1 unspecified atom stereocenters. The lowest BCUT2D eigenvalue weighted by atomic mass is 9.74. The number of hydrogen-bond acceptors (Lipinski definition) is 17. The van der Waals surface area contributed by atoms with Crippen LogP contribution in [0.3, 0.4) is 0 Å². The van der Waals surface area contributed by atoms with Crippen LogP contribution in [0.15, 0.2) is 0 Å². The summed E-state index contributed by atoms with van der Waals surface area (Å²) in [6.45, 7) is 20.0. The molecule has 2 N–H and O–H groups in total. The van der Waals surface area contributed by atoms with E-state index in [0.717, 1.165) is 6.92 Å². The van der Waals surface area contributed by atoms with Crippen LogP contribution < -0.4 is 0 Å². The van der Waals surface area contributed by atoms with Crippen molar-refractivity contribution in [2.45, 2.75) is 200 Å². The van der Waals surface area contributed by atoms with Gasteiger partial charge in [-0.3, -0.25) is 24.0 Å². The number of methoxy groups -OCH3 is 1. The predicted molar refractivity (Wildman–Crippen MR) is 215 cm³/mol. The molecule has 0 radical (unpaired) electrons. The Labute approximate surface area is 355 Å². The number of nitrogens with zero attached hydrogens (tertiary/aromatic N) is 1. The lowest BCUT2D eigenvalue weighted by molar-refractivity contribution is -0.319. The molecule has 0 aromatic heterocycles. The average molecular weight is 860 g/mol. The molecule has 3 aliphatic heterocycles. The number of cyclic esters (lactones) is 1. The molecule has 0 spiro atoms. The third-order valence-corrected chi connectivity index (χ3v) is 12.6. The number of carbonyl (C=O) groups is 5.